The molecule has 0 spiro atoms. The molecule has 3 aromatic rings. The maximum absolute atomic E-state index is 12.4. The number of nitrogens with one attached hydrogen (secondary N) is 3. The highest BCUT2D eigenvalue weighted by molar-refractivity contribution is 7.92. The van der Waals surface area contributed by atoms with E-state index >= 15 is 0 Å². The third-order valence-electron chi connectivity index (χ3n) is 4.14. The number of benzene rings is 2. The first-order valence-corrected chi connectivity index (χ1v) is 10.6. The summed E-state index contributed by atoms with van der Waals surface area (Å²) >= 11 is 0. The number of carbonyl (C=O) groups excluding carboxylic acids is 2. The second-order valence-corrected chi connectivity index (χ2v) is 8.23. The van der Waals surface area contributed by atoms with Gasteiger partial charge in [0.25, 0.3) is 10.0 Å². The third kappa shape index (κ3) is 5.90. The van der Waals surface area contributed by atoms with Crippen LogP contribution in [0.1, 0.15) is 17.4 Å². The molecule has 0 saturated heterocycles. The van der Waals surface area contributed by atoms with E-state index in [1.807, 2.05) is 0 Å². The van der Waals surface area contributed by atoms with Gasteiger partial charge in [0.2, 0.25) is 0 Å². The van der Waals surface area contributed by atoms with Crippen molar-refractivity contribution in [3.8, 4) is 0 Å². The zero-order valence-electron chi connectivity index (χ0n) is 16.4. The molecule has 1 unspecified atom stereocenters. The fourth-order valence-corrected chi connectivity index (χ4v) is 3.56. The number of nitrogens with zero attached hydrogens (tertiary/aromatic N) is 1. The first-order valence-electron chi connectivity index (χ1n) is 9.13. The number of sulfonamides is 1. The molecule has 31 heavy (non-hydrogen) atoms. The molecular formula is C20H20N4O6S. The monoisotopic (exact) mass is 444 g/mol. The molecule has 11 heteroatoms. The molecule has 0 aliphatic rings. The number of hydrogen-bond acceptors (Lipinski definition) is 7. The first-order chi connectivity index (χ1) is 14.7. The van der Waals surface area contributed by atoms with Crippen LogP contribution in [0.2, 0.25) is 0 Å². The number of anilines is 2. The molecule has 4 N–H and O–H groups in total. The van der Waals surface area contributed by atoms with Gasteiger partial charge in [0.05, 0.1) is 11.0 Å². The molecule has 1 aromatic heterocycles. The lowest BCUT2D eigenvalue weighted by molar-refractivity contribution is -0.136. The van der Waals surface area contributed by atoms with Crippen LogP contribution in [0.4, 0.5) is 11.5 Å². The summed E-state index contributed by atoms with van der Waals surface area (Å²) < 4.78 is 31.8. The molecule has 2 amide bonds. The number of aliphatic hydroxyl groups is 1. The lowest BCUT2D eigenvalue weighted by Gasteiger charge is -2.12. The van der Waals surface area contributed by atoms with E-state index in [1.165, 1.54) is 30.3 Å². The molecule has 1 heterocycles. The van der Waals surface area contributed by atoms with E-state index in [1.54, 1.807) is 37.3 Å². The summed E-state index contributed by atoms with van der Waals surface area (Å²) in [5.74, 6) is -1.39. The molecule has 1 atom stereocenters. The van der Waals surface area contributed by atoms with Crippen molar-refractivity contribution < 1.29 is 27.6 Å². The van der Waals surface area contributed by atoms with Crippen LogP contribution in [-0.2, 0) is 19.6 Å². The van der Waals surface area contributed by atoms with Crippen LogP contribution in [0.3, 0.4) is 0 Å². The minimum Gasteiger partial charge on any atom is -0.387 e. The molecule has 0 bridgehead atoms. The Balaban J connectivity index is 1.55. The van der Waals surface area contributed by atoms with E-state index in [0.717, 1.165) is 0 Å². The summed E-state index contributed by atoms with van der Waals surface area (Å²) in [5.41, 5.74) is 0.828. The Morgan fingerprint density at radius 3 is 2.35 bits per heavy atom. The fraction of sp³-hybridized carbons (Fsp3) is 0.150. The van der Waals surface area contributed by atoms with Gasteiger partial charge < -0.3 is 20.3 Å². The predicted octanol–water partition coefficient (Wildman–Crippen LogP) is 1.57. The van der Waals surface area contributed by atoms with Crippen LogP contribution >= 0.6 is 0 Å². The van der Waals surface area contributed by atoms with E-state index < -0.39 is 27.9 Å². The molecule has 10 nitrogen and oxygen atoms in total. The Morgan fingerprint density at radius 2 is 1.74 bits per heavy atom. The van der Waals surface area contributed by atoms with Gasteiger partial charge in [-0.3, -0.25) is 14.3 Å². The summed E-state index contributed by atoms with van der Waals surface area (Å²) in [4.78, 5) is 23.9. The summed E-state index contributed by atoms with van der Waals surface area (Å²) in [6.45, 7) is 1.49. The molecule has 3 rings (SSSR count). The lowest BCUT2D eigenvalue weighted by Crippen LogP contribution is -2.37. The number of aromatic nitrogens is 1. The molecule has 0 saturated carbocycles. The number of carbonyl (C=O) groups is 2. The molecule has 162 valence electrons. The molecule has 0 fully saturated rings. The summed E-state index contributed by atoms with van der Waals surface area (Å²) in [6.07, 6.45) is -0.955. The van der Waals surface area contributed by atoms with Crippen molar-refractivity contribution in [1.82, 2.24) is 10.5 Å². The zero-order valence-corrected chi connectivity index (χ0v) is 17.2. The van der Waals surface area contributed by atoms with Crippen LogP contribution in [0, 0.1) is 6.92 Å². The number of hydrogen-bond donors (Lipinski definition) is 4. The van der Waals surface area contributed by atoms with Gasteiger partial charge in [-0.25, -0.2) is 8.42 Å². The van der Waals surface area contributed by atoms with Crippen molar-refractivity contribution in [3.05, 3.63) is 72.0 Å². The SMILES string of the molecule is Cc1cc(NS(=O)(=O)c2ccc(NC(=O)C(=O)NCC(O)c3ccccc3)cc2)no1. The maximum Gasteiger partial charge on any atom is 0.313 e. The normalized spacial score (nSPS) is 12.1. The van der Waals surface area contributed by atoms with Gasteiger partial charge >= 0.3 is 11.8 Å². The Morgan fingerprint density at radius 1 is 1.06 bits per heavy atom. The van der Waals surface area contributed by atoms with Gasteiger partial charge in [-0.15, -0.1) is 0 Å². The molecule has 0 aliphatic carbocycles. The van der Waals surface area contributed by atoms with Crippen molar-refractivity contribution in [1.29, 1.82) is 0 Å². The van der Waals surface area contributed by atoms with Gasteiger partial charge in [-0.2, -0.15) is 0 Å². The van der Waals surface area contributed by atoms with Crippen LogP contribution < -0.4 is 15.4 Å². The molecule has 0 radical (unpaired) electrons. The predicted molar refractivity (Wildman–Crippen MR) is 112 cm³/mol. The molecular weight excluding hydrogens is 424 g/mol. The maximum atomic E-state index is 12.4. The number of rotatable bonds is 7. The highest BCUT2D eigenvalue weighted by Gasteiger charge is 2.18. The summed E-state index contributed by atoms with van der Waals surface area (Å²) in [7, 11) is -3.90. The van der Waals surface area contributed by atoms with Crippen molar-refractivity contribution in [2.45, 2.75) is 17.9 Å². The van der Waals surface area contributed by atoms with Gasteiger partial charge in [0, 0.05) is 18.3 Å². The van der Waals surface area contributed by atoms with Crippen LogP contribution in [0.15, 0.2) is 70.1 Å². The second-order valence-electron chi connectivity index (χ2n) is 6.54. The fourth-order valence-electron chi connectivity index (χ4n) is 2.58. The lowest BCUT2D eigenvalue weighted by atomic mass is 10.1. The smallest absolute Gasteiger partial charge is 0.313 e. The summed E-state index contributed by atoms with van der Waals surface area (Å²) in [5, 5.41) is 18.3. The minimum absolute atomic E-state index is 0.0456. The quantitative estimate of drug-likeness (QED) is 0.404. The van der Waals surface area contributed by atoms with Gasteiger partial charge in [-0.05, 0) is 36.8 Å². The van der Waals surface area contributed by atoms with Gasteiger partial charge in [0.15, 0.2) is 5.82 Å². The Bertz CT molecular complexity index is 1160. The van der Waals surface area contributed by atoms with E-state index in [-0.39, 0.29) is 22.9 Å². The van der Waals surface area contributed by atoms with Crippen molar-refractivity contribution in [3.63, 3.8) is 0 Å². The van der Waals surface area contributed by atoms with Crippen LogP contribution in [0.25, 0.3) is 0 Å². The average molecular weight is 444 g/mol. The second kappa shape index (κ2) is 9.41. The third-order valence-corrected chi connectivity index (χ3v) is 5.51. The molecule has 0 aliphatic heterocycles. The number of aryl methyl sites for hydroxylation is 1. The van der Waals surface area contributed by atoms with E-state index in [0.29, 0.717) is 11.3 Å². The van der Waals surface area contributed by atoms with Gasteiger partial charge in [0.1, 0.15) is 5.76 Å². The standard InChI is InChI=1S/C20H20N4O6S/c1-13-11-18(23-30-13)24-31(28,29)16-9-7-15(8-10-16)22-20(27)19(26)21-12-17(25)14-5-3-2-4-6-14/h2-11,17,25H,12H2,1H3,(H,21,26)(H,22,27)(H,23,24). The first kappa shape index (κ1) is 22.0. The minimum atomic E-state index is -3.90. The zero-order chi connectivity index (χ0) is 22.4. The largest absolute Gasteiger partial charge is 0.387 e. The molecule has 2 aromatic carbocycles. The van der Waals surface area contributed by atoms with E-state index in [4.69, 9.17) is 4.52 Å². The van der Waals surface area contributed by atoms with Crippen molar-refractivity contribution in [2.24, 2.45) is 0 Å². The van der Waals surface area contributed by atoms with Crippen LogP contribution in [0.5, 0.6) is 0 Å². The van der Waals surface area contributed by atoms with E-state index in [9.17, 15) is 23.1 Å². The Labute approximate surface area is 178 Å². The van der Waals surface area contributed by atoms with E-state index in [2.05, 4.69) is 20.5 Å². The number of aliphatic hydroxyl groups excluding tert-OH is 1. The van der Waals surface area contributed by atoms with Gasteiger partial charge in [-0.1, -0.05) is 35.5 Å². The van der Waals surface area contributed by atoms with Crippen molar-refractivity contribution >= 4 is 33.3 Å². The topological polar surface area (TPSA) is 151 Å². The highest BCUT2D eigenvalue weighted by Crippen LogP contribution is 2.18. The summed E-state index contributed by atoms with van der Waals surface area (Å²) in [6, 6.07) is 15.3. The van der Waals surface area contributed by atoms with Crippen molar-refractivity contribution in [2.75, 3.05) is 16.6 Å². The Kier molecular flexibility index (Phi) is 6.68. The average Bonchev–Trinajstić information content (AvgIpc) is 3.16. The van der Waals surface area contributed by atoms with Crippen LogP contribution in [-0.4, -0.2) is 37.0 Å². The number of amides is 2. The Hall–Kier alpha value is -3.70. The highest BCUT2D eigenvalue weighted by atomic mass is 32.2.